The molecule has 1 saturated heterocycles. The second kappa shape index (κ2) is 9.25. The van der Waals surface area contributed by atoms with E-state index < -0.39 is 6.04 Å². The van der Waals surface area contributed by atoms with E-state index in [9.17, 15) is 9.59 Å². The van der Waals surface area contributed by atoms with Gasteiger partial charge >= 0.3 is 0 Å². The normalized spacial score (nSPS) is 20.8. The SMILES string of the molecule is COc1cc(-c2nnc(C(CC(C)C)N3C(=O)C4CC=CCC4C3=O)o2)cc(OC)c1OC. The molecule has 1 aromatic heterocycles. The van der Waals surface area contributed by atoms with Gasteiger partial charge in [0.05, 0.1) is 33.2 Å². The van der Waals surface area contributed by atoms with Crippen LogP contribution in [0.15, 0.2) is 28.7 Å². The first-order valence-electron chi connectivity index (χ1n) is 11.0. The summed E-state index contributed by atoms with van der Waals surface area (Å²) in [6.07, 6.45) is 5.65. The molecule has 0 spiro atoms. The number of carbonyl (C=O) groups excluding carboxylic acids is 2. The standard InChI is InChI=1S/C24H29N3O6/c1-13(2)10-17(27-23(28)15-8-6-7-9-16(15)24(27)29)22-26-25-21(33-22)14-11-18(30-3)20(32-5)19(12-14)31-4/h6-7,11-13,15-17H,8-10H2,1-5H3. The minimum absolute atomic E-state index is 0.160. The van der Waals surface area contributed by atoms with E-state index in [4.69, 9.17) is 18.6 Å². The van der Waals surface area contributed by atoms with Gasteiger partial charge in [0, 0.05) is 5.56 Å². The van der Waals surface area contributed by atoms with Crippen molar-refractivity contribution in [3.05, 3.63) is 30.2 Å². The molecule has 2 aromatic rings. The third kappa shape index (κ3) is 4.07. The number of carbonyl (C=O) groups is 2. The molecule has 0 N–H and O–H groups in total. The van der Waals surface area contributed by atoms with Gasteiger partial charge in [-0.2, -0.15) is 0 Å². The Kier molecular flexibility index (Phi) is 6.40. The number of benzene rings is 1. The van der Waals surface area contributed by atoms with Crippen molar-refractivity contribution in [3.8, 4) is 28.7 Å². The average Bonchev–Trinajstić information content (AvgIpc) is 3.40. The summed E-state index contributed by atoms with van der Waals surface area (Å²) in [5.74, 6) is 1.08. The Labute approximate surface area is 192 Å². The lowest BCUT2D eigenvalue weighted by atomic mass is 9.85. The van der Waals surface area contributed by atoms with Gasteiger partial charge in [0.15, 0.2) is 11.5 Å². The number of rotatable bonds is 8. The molecule has 2 aliphatic rings. The number of hydrogen-bond acceptors (Lipinski definition) is 8. The summed E-state index contributed by atoms with van der Waals surface area (Å²) in [6, 6.07) is 2.81. The average molecular weight is 456 g/mol. The zero-order valence-electron chi connectivity index (χ0n) is 19.5. The van der Waals surface area contributed by atoms with Crippen molar-refractivity contribution in [2.45, 2.75) is 39.2 Å². The maximum Gasteiger partial charge on any atom is 0.248 e. The van der Waals surface area contributed by atoms with Gasteiger partial charge in [-0.1, -0.05) is 26.0 Å². The second-order valence-corrected chi connectivity index (χ2v) is 8.71. The van der Waals surface area contributed by atoms with Crippen LogP contribution in [0.1, 0.15) is 45.0 Å². The molecular weight excluding hydrogens is 426 g/mol. The number of fused-ring (bicyclic) bond motifs is 1. The second-order valence-electron chi connectivity index (χ2n) is 8.71. The molecule has 1 fully saturated rings. The fourth-order valence-corrected chi connectivity index (χ4v) is 4.59. The van der Waals surface area contributed by atoms with Crippen LogP contribution in [0.2, 0.25) is 0 Å². The predicted octanol–water partition coefficient (Wildman–Crippen LogP) is 3.80. The highest BCUT2D eigenvalue weighted by molar-refractivity contribution is 6.05. The first-order valence-corrected chi connectivity index (χ1v) is 11.0. The molecule has 1 aliphatic carbocycles. The number of amides is 2. The highest BCUT2D eigenvalue weighted by Gasteiger charge is 2.51. The fraction of sp³-hybridized carbons (Fsp3) is 0.500. The summed E-state index contributed by atoms with van der Waals surface area (Å²) < 4.78 is 22.2. The van der Waals surface area contributed by atoms with E-state index in [0.29, 0.717) is 42.1 Å². The quantitative estimate of drug-likeness (QED) is 0.437. The lowest BCUT2D eigenvalue weighted by Crippen LogP contribution is -2.36. The topological polar surface area (TPSA) is 104 Å². The van der Waals surface area contributed by atoms with Crippen LogP contribution in [0.3, 0.4) is 0 Å². The summed E-state index contributed by atoms with van der Waals surface area (Å²) >= 11 is 0. The van der Waals surface area contributed by atoms with Gasteiger partial charge in [0.1, 0.15) is 6.04 Å². The summed E-state index contributed by atoms with van der Waals surface area (Å²) in [6.45, 7) is 4.06. The van der Waals surface area contributed by atoms with Gasteiger partial charge in [-0.15, -0.1) is 10.2 Å². The van der Waals surface area contributed by atoms with Gasteiger partial charge in [0.2, 0.25) is 29.3 Å². The number of aromatic nitrogens is 2. The molecule has 33 heavy (non-hydrogen) atoms. The Morgan fingerprint density at radius 3 is 2.03 bits per heavy atom. The van der Waals surface area contributed by atoms with Gasteiger partial charge in [0.25, 0.3) is 0 Å². The molecule has 0 bridgehead atoms. The summed E-state index contributed by atoms with van der Waals surface area (Å²) in [5.41, 5.74) is 0.573. The third-order valence-electron chi connectivity index (χ3n) is 6.19. The molecule has 3 atom stereocenters. The Balaban J connectivity index is 1.70. The van der Waals surface area contributed by atoms with E-state index in [1.807, 2.05) is 26.0 Å². The number of imide groups is 1. The van der Waals surface area contributed by atoms with Crippen LogP contribution in [0.5, 0.6) is 17.2 Å². The summed E-state index contributed by atoms with van der Waals surface area (Å²) in [4.78, 5) is 27.7. The number of likely N-dealkylation sites (tertiary alicyclic amines) is 1. The molecule has 0 radical (unpaired) electrons. The fourth-order valence-electron chi connectivity index (χ4n) is 4.59. The highest BCUT2D eigenvalue weighted by atomic mass is 16.5. The molecule has 9 heteroatoms. The molecular formula is C24H29N3O6. The largest absolute Gasteiger partial charge is 0.493 e. The van der Waals surface area contributed by atoms with Crippen molar-refractivity contribution in [1.29, 1.82) is 0 Å². The zero-order valence-corrected chi connectivity index (χ0v) is 19.5. The number of ether oxygens (including phenoxy) is 3. The van der Waals surface area contributed by atoms with E-state index in [0.717, 1.165) is 0 Å². The highest BCUT2D eigenvalue weighted by Crippen LogP contribution is 2.43. The van der Waals surface area contributed by atoms with Crippen molar-refractivity contribution in [3.63, 3.8) is 0 Å². The number of allylic oxidation sites excluding steroid dienone is 2. The molecule has 176 valence electrons. The molecule has 1 aromatic carbocycles. The van der Waals surface area contributed by atoms with Crippen molar-refractivity contribution in [2.75, 3.05) is 21.3 Å². The molecule has 2 heterocycles. The third-order valence-corrected chi connectivity index (χ3v) is 6.19. The molecule has 3 unspecified atom stereocenters. The number of methoxy groups -OCH3 is 3. The van der Waals surface area contributed by atoms with Crippen molar-refractivity contribution in [1.82, 2.24) is 15.1 Å². The minimum Gasteiger partial charge on any atom is -0.493 e. The molecule has 9 nitrogen and oxygen atoms in total. The maximum atomic E-state index is 13.2. The molecule has 0 saturated carbocycles. The molecule has 2 amide bonds. The molecule has 4 rings (SSSR count). The van der Waals surface area contributed by atoms with Crippen LogP contribution in [-0.2, 0) is 9.59 Å². The van der Waals surface area contributed by atoms with Crippen LogP contribution < -0.4 is 14.2 Å². The van der Waals surface area contributed by atoms with Crippen LogP contribution in [0.25, 0.3) is 11.5 Å². The monoisotopic (exact) mass is 455 g/mol. The predicted molar refractivity (Wildman–Crippen MR) is 119 cm³/mol. The Bertz CT molecular complexity index is 1020. The Morgan fingerprint density at radius 1 is 0.970 bits per heavy atom. The van der Waals surface area contributed by atoms with Crippen molar-refractivity contribution in [2.24, 2.45) is 17.8 Å². The molecule has 1 aliphatic heterocycles. The first-order chi connectivity index (χ1) is 15.9. The van der Waals surface area contributed by atoms with Crippen molar-refractivity contribution >= 4 is 11.8 Å². The van der Waals surface area contributed by atoms with E-state index >= 15 is 0 Å². The van der Waals surface area contributed by atoms with Crippen LogP contribution in [-0.4, -0.2) is 48.2 Å². The summed E-state index contributed by atoms with van der Waals surface area (Å²) in [7, 11) is 4.58. The van der Waals surface area contributed by atoms with Gasteiger partial charge in [-0.25, -0.2) is 0 Å². The first kappa shape index (κ1) is 22.8. The Morgan fingerprint density at radius 2 is 1.55 bits per heavy atom. The van der Waals surface area contributed by atoms with E-state index in [-0.39, 0.29) is 41.3 Å². The van der Waals surface area contributed by atoms with Crippen LogP contribution in [0, 0.1) is 17.8 Å². The number of nitrogens with zero attached hydrogens (tertiary/aromatic N) is 3. The van der Waals surface area contributed by atoms with E-state index in [1.165, 1.54) is 26.2 Å². The lowest BCUT2D eigenvalue weighted by molar-refractivity contribution is -0.143. The van der Waals surface area contributed by atoms with Gasteiger partial charge < -0.3 is 18.6 Å². The van der Waals surface area contributed by atoms with Crippen LogP contribution in [0.4, 0.5) is 0 Å². The van der Waals surface area contributed by atoms with Crippen molar-refractivity contribution < 1.29 is 28.2 Å². The summed E-state index contributed by atoms with van der Waals surface area (Å²) in [5, 5.41) is 8.44. The van der Waals surface area contributed by atoms with E-state index in [2.05, 4.69) is 10.2 Å². The lowest BCUT2D eigenvalue weighted by Gasteiger charge is -2.25. The maximum absolute atomic E-state index is 13.2. The van der Waals surface area contributed by atoms with Gasteiger partial charge in [-0.3, -0.25) is 14.5 Å². The van der Waals surface area contributed by atoms with Crippen LogP contribution >= 0.6 is 0 Å². The van der Waals surface area contributed by atoms with E-state index in [1.54, 1.807) is 12.1 Å². The Hall–Kier alpha value is -3.36. The van der Waals surface area contributed by atoms with Gasteiger partial charge in [-0.05, 0) is 37.3 Å². The zero-order chi connectivity index (χ0) is 23.7. The smallest absolute Gasteiger partial charge is 0.248 e. The minimum atomic E-state index is -0.612. The number of hydrogen-bond donors (Lipinski definition) is 0.